The zero-order valence-electron chi connectivity index (χ0n) is 7.72. The summed E-state index contributed by atoms with van der Waals surface area (Å²) >= 11 is 3.13. The van der Waals surface area contributed by atoms with Crippen molar-refractivity contribution in [2.75, 3.05) is 6.61 Å². The molecular weight excluding hydrogens is 275 g/mol. The molecule has 6 heteroatoms. The molecule has 1 heterocycles. The lowest BCUT2D eigenvalue weighted by atomic mass is 10.3. The number of alkyl halides is 3. The highest BCUT2D eigenvalue weighted by Gasteiger charge is 2.26. The van der Waals surface area contributed by atoms with E-state index in [9.17, 15) is 13.2 Å². The van der Waals surface area contributed by atoms with Crippen molar-refractivity contribution in [3.8, 4) is 5.88 Å². The predicted octanol–water partition coefficient (Wildman–Crippen LogP) is 3.57. The van der Waals surface area contributed by atoms with Gasteiger partial charge in [0.05, 0.1) is 6.61 Å². The van der Waals surface area contributed by atoms with Crippen LogP contribution in [0, 0.1) is 0 Å². The van der Waals surface area contributed by atoms with E-state index in [0.29, 0.717) is 10.5 Å². The summed E-state index contributed by atoms with van der Waals surface area (Å²) in [6.07, 6.45) is -5.01. The zero-order chi connectivity index (χ0) is 11.3. The number of hydrogen-bond donors (Lipinski definition) is 0. The Morgan fingerprint density at radius 2 is 2.07 bits per heavy atom. The maximum atomic E-state index is 11.8. The van der Waals surface area contributed by atoms with E-state index in [1.165, 1.54) is 0 Å². The van der Waals surface area contributed by atoms with Gasteiger partial charge in [0, 0.05) is 12.5 Å². The van der Waals surface area contributed by atoms with Crippen LogP contribution in [0.2, 0.25) is 0 Å². The van der Waals surface area contributed by atoms with Gasteiger partial charge >= 0.3 is 6.18 Å². The van der Waals surface area contributed by atoms with Gasteiger partial charge in [0.15, 0.2) is 0 Å². The summed E-state index contributed by atoms with van der Waals surface area (Å²) in [5.74, 6) is 0.326. The Kier molecular flexibility index (Phi) is 4.38. The number of halogens is 4. The number of aromatic nitrogens is 1. The van der Waals surface area contributed by atoms with Crippen LogP contribution in [0.25, 0.3) is 0 Å². The van der Waals surface area contributed by atoms with E-state index in [-0.39, 0.29) is 13.0 Å². The molecule has 1 aromatic heterocycles. The first-order valence-corrected chi connectivity index (χ1v) is 5.09. The van der Waals surface area contributed by atoms with Crippen molar-refractivity contribution >= 4 is 15.9 Å². The Morgan fingerprint density at radius 3 is 2.67 bits per heavy atom. The molecular formula is C9H9BrF3NO. The topological polar surface area (TPSA) is 22.1 Å². The fourth-order valence-corrected chi connectivity index (χ4v) is 1.25. The molecule has 0 fully saturated rings. The second-order valence-electron chi connectivity index (χ2n) is 2.87. The van der Waals surface area contributed by atoms with Crippen molar-refractivity contribution in [1.82, 2.24) is 4.98 Å². The maximum absolute atomic E-state index is 11.8. The van der Waals surface area contributed by atoms with Gasteiger partial charge in [0.2, 0.25) is 5.88 Å². The summed E-state index contributed by atoms with van der Waals surface area (Å²) in [5, 5.41) is 0. The molecule has 0 aliphatic carbocycles. The summed E-state index contributed by atoms with van der Waals surface area (Å²) in [6.45, 7) is 0.0168. The normalized spacial score (nSPS) is 11.5. The van der Waals surface area contributed by atoms with Gasteiger partial charge in [0.1, 0.15) is 4.60 Å². The SMILES string of the molecule is FC(F)(F)CCCOc1cccc(Br)n1. The Bertz CT molecular complexity index is 316. The van der Waals surface area contributed by atoms with Crippen molar-refractivity contribution in [2.45, 2.75) is 19.0 Å². The third kappa shape index (κ3) is 5.61. The van der Waals surface area contributed by atoms with Crippen LogP contribution in [0.4, 0.5) is 13.2 Å². The molecule has 0 radical (unpaired) electrons. The van der Waals surface area contributed by atoms with Crippen molar-refractivity contribution in [2.24, 2.45) is 0 Å². The van der Waals surface area contributed by atoms with Gasteiger partial charge in [-0.2, -0.15) is 13.2 Å². The lowest BCUT2D eigenvalue weighted by Crippen LogP contribution is -2.10. The van der Waals surface area contributed by atoms with Gasteiger partial charge in [-0.15, -0.1) is 0 Å². The minimum Gasteiger partial charge on any atom is -0.478 e. The number of hydrogen-bond acceptors (Lipinski definition) is 2. The van der Waals surface area contributed by atoms with Crippen LogP contribution in [-0.4, -0.2) is 17.8 Å². The minimum atomic E-state index is -4.12. The third-order valence-electron chi connectivity index (χ3n) is 1.54. The second kappa shape index (κ2) is 5.34. The summed E-state index contributed by atoms with van der Waals surface area (Å²) in [4.78, 5) is 3.92. The third-order valence-corrected chi connectivity index (χ3v) is 1.99. The Balaban J connectivity index is 2.26. The highest BCUT2D eigenvalue weighted by Crippen LogP contribution is 2.21. The quantitative estimate of drug-likeness (QED) is 0.623. The molecule has 1 rings (SSSR count). The van der Waals surface area contributed by atoms with Crippen LogP contribution in [0.15, 0.2) is 22.8 Å². The van der Waals surface area contributed by atoms with Crippen LogP contribution in [0.1, 0.15) is 12.8 Å². The first kappa shape index (κ1) is 12.3. The van der Waals surface area contributed by atoms with Gasteiger partial charge in [0.25, 0.3) is 0 Å². The average molecular weight is 284 g/mol. The first-order chi connectivity index (χ1) is 6.97. The number of ether oxygens (including phenoxy) is 1. The Hall–Kier alpha value is -0.780. The van der Waals surface area contributed by atoms with Gasteiger partial charge < -0.3 is 4.74 Å². The van der Waals surface area contributed by atoms with E-state index in [2.05, 4.69) is 20.9 Å². The molecule has 0 bridgehead atoms. The van der Waals surface area contributed by atoms with Gasteiger partial charge in [-0.25, -0.2) is 4.98 Å². The van der Waals surface area contributed by atoms with Gasteiger partial charge in [-0.05, 0) is 28.4 Å². The highest BCUT2D eigenvalue weighted by atomic mass is 79.9. The predicted molar refractivity (Wildman–Crippen MR) is 52.7 cm³/mol. The molecule has 0 amide bonds. The van der Waals surface area contributed by atoms with Crippen molar-refractivity contribution in [3.05, 3.63) is 22.8 Å². The molecule has 0 aliphatic heterocycles. The van der Waals surface area contributed by atoms with Crippen LogP contribution >= 0.6 is 15.9 Å². The number of nitrogens with zero attached hydrogens (tertiary/aromatic N) is 1. The zero-order valence-corrected chi connectivity index (χ0v) is 9.31. The van der Waals surface area contributed by atoms with Crippen LogP contribution in [0.5, 0.6) is 5.88 Å². The summed E-state index contributed by atoms with van der Waals surface area (Å²) < 4.78 is 40.9. The maximum Gasteiger partial charge on any atom is 0.389 e. The van der Waals surface area contributed by atoms with E-state index >= 15 is 0 Å². The molecule has 0 saturated carbocycles. The van der Waals surface area contributed by atoms with Crippen LogP contribution in [-0.2, 0) is 0 Å². The average Bonchev–Trinajstić information content (AvgIpc) is 2.11. The molecule has 2 nitrogen and oxygen atoms in total. The lowest BCUT2D eigenvalue weighted by molar-refractivity contribution is -0.136. The molecule has 0 aliphatic rings. The largest absolute Gasteiger partial charge is 0.478 e. The molecule has 0 N–H and O–H groups in total. The Labute approximate surface area is 93.6 Å². The summed E-state index contributed by atoms with van der Waals surface area (Å²) in [5.41, 5.74) is 0. The van der Waals surface area contributed by atoms with E-state index in [1.54, 1.807) is 18.2 Å². The molecule has 84 valence electrons. The summed E-state index contributed by atoms with van der Waals surface area (Å²) in [6, 6.07) is 5.01. The van der Waals surface area contributed by atoms with Gasteiger partial charge in [-0.1, -0.05) is 6.07 Å². The van der Waals surface area contributed by atoms with E-state index in [1.807, 2.05) is 0 Å². The molecule has 0 unspecified atom stereocenters. The van der Waals surface area contributed by atoms with E-state index in [0.717, 1.165) is 0 Å². The van der Waals surface area contributed by atoms with E-state index in [4.69, 9.17) is 4.74 Å². The standard InChI is InChI=1S/C9H9BrF3NO/c10-7-3-1-4-8(14-7)15-6-2-5-9(11,12)13/h1,3-4H,2,5-6H2. The smallest absolute Gasteiger partial charge is 0.389 e. The molecule has 0 saturated heterocycles. The summed E-state index contributed by atoms with van der Waals surface area (Å²) in [7, 11) is 0. The molecule has 15 heavy (non-hydrogen) atoms. The minimum absolute atomic E-state index is 0.0168. The molecule has 1 aromatic rings. The molecule has 0 aromatic carbocycles. The van der Waals surface area contributed by atoms with Crippen LogP contribution < -0.4 is 4.74 Å². The molecule has 0 atom stereocenters. The van der Waals surface area contributed by atoms with Crippen LogP contribution in [0.3, 0.4) is 0 Å². The van der Waals surface area contributed by atoms with Crippen molar-refractivity contribution in [1.29, 1.82) is 0 Å². The lowest BCUT2D eigenvalue weighted by Gasteiger charge is -2.07. The fraction of sp³-hybridized carbons (Fsp3) is 0.444. The van der Waals surface area contributed by atoms with Gasteiger partial charge in [-0.3, -0.25) is 0 Å². The number of pyridine rings is 1. The van der Waals surface area contributed by atoms with E-state index < -0.39 is 12.6 Å². The second-order valence-corrected chi connectivity index (χ2v) is 3.68. The highest BCUT2D eigenvalue weighted by molar-refractivity contribution is 9.10. The fourth-order valence-electron chi connectivity index (χ4n) is 0.919. The first-order valence-electron chi connectivity index (χ1n) is 4.29. The monoisotopic (exact) mass is 283 g/mol. The van der Waals surface area contributed by atoms with Crippen molar-refractivity contribution < 1.29 is 17.9 Å². The molecule has 0 spiro atoms. The van der Waals surface area contributed by atoms with Crippen molar-refractivity contribution in [3.63, 3.8) is 0 Å². The number of rotatable bonds is 4. The Morgan fingerprint density at radius 1 is 1.33 bits per heavy atom.